The molecule has 190 valence electrons. The van der Waals surface area contributed by atoms with Crippen molar-refractivity contribution < 1.29 is 13.2 Å². The predicted octanol–water partition coefficient (Wildman–Crippen LogP) is 1.99. The first-order valence-corrected chi connectivity index (χ1v) is 13.0. The van der Waals surface area contributed by atoms with E-state index in [1.54, 1.807) is 17.6 Å². The number of carbonyl (C=O) groups is 1. The molecule has 0 radical (unpaired) electrons. The van der Waals surface area contributed by atoms with Gasteiger partial charge in [0.25, 0.3) is 5.91 Å². The predicted molar refractivity (Wildman–Crippen MR) is 138 cm³/mol. The van der Waals surface area contributed by atoms with Crippen LogP contribution in [0.15, 0.2) is 30.6 Å². The van der Waals surface area contributed by atoms with Crippen LogP contribution in [0.1, 0.15) is 47.6 Å². The number of nitrogens with one attached hydrogen (secondary N) is 1. The Morgan fingerprint density at radius 3 is 2.77 bits per heavy atom. The number of halogens is 1. The number of rotatable bonds is 7. The molecule has 0 bridgehead atoms. The van der Waals surface area contributed by atoms with Gasteiger partial charge in [0.2, 0.25) is 10.0 Å². The summed E-state index contributed by atoms with van der Waals surface area (Å²) in [5.74, 6) is 0.487. The molecule has 0 aliphatic carbocycles. The van der Waals surface area contributed by atoms with Gasteiger partial charge < -0.3 is 15.5 Å². The molecule has 1 amide bonds. The smallest absolute Gasteiger partial charge is 0.274 e. The van der Waals surface area contributed by atoms with Gasteiger partial charge in [0, 0.05) is 50.2 Å². The number of pyridine rings is 1. The molecular weight excluding hydrogens is 492 g/mol. The Kier molecular flexibility index (Phi) is 7.87. The van der Waals surface area contributed by atoms with Gasteiger partial charge in [0.1, 0.15) is 5.82 Å². The van der Waals surface area contributed by atoms with Gasteiger partial charge >= 0.3 is 0 Å². The fourth-order valence-corrected chi connectivity index (χ4v) is 4.89. The monoisotopic (exact) mass is 522 g/mol. The van der Waals surface area contributed by atoms with Crippen LogP contribution in [0.3, 0.4) is 0 Å². The topological polar surface area (TPSA) is 139 Å². The lowest BCUT2D eigenvalue weighted by Gasteiger charge is -2.26. The Hall–Kier alpha value is -2.96. The normalized spacial score (nSPS) is 16.7. The van der Waals surface area contributed by atoms with E-state index in [4.69, 9.17) is 15.8 Å². The number of hydrogen-bond acceptors (Lipinski definition) is 8. The second kappa shape index (κ2) is 10.3. The lowest BCUT2D eigenvalue weighted by atomic mass is 10.1. The largest absolute Gasteiger partial charge is 0.355 e. The number of carbonyl (C=O) groups excluding carboxylic acids is 1. The molecule has 4 rings (SSSR count). The van der Waals surface area contributed by atoms with Gasteiger partial charge in [-0.1, -0.05) is 6.92 Å². The van der Waals surface area contributed by atoms with Crippen molar-refractivity contribution in [1.29, 1.82) is 0 Å². The van der Waals surface area contributed by atoms with Crippen LogP contribution >= 0.6 is 12.4 Å². The van der Waals surface area contributed by atoms with Crippen molar-refractivity contribution in [2.75, 3.05) is 36.0 Å². The molecule has 1 aliphatic heterocycles. The highest BCUT2D eigenvalue weighted by molar-refractivity contribution is 7.92. The molecule has 4 heterocycles. The van der Waals surface area contributed by atoms with E-state index in [-0.39, 0.29) is 35.9 Å². The van der Waals surface area contributed by atoms with E-state index in [2.05, 4.69) is 14.6 Å². The van der Waals surface area contributed by atoms with Crippen LogP contribution in [0.25, 0.3) is 5.65 Å². The zero-order valence-electron chi connectivity index (χ0n) is 20.2. The molecule has 3 N–H and O–H groups in total. The highest BCUT2D eigenvalue weighted by Crippen LogP contribution is 2.28. The van der Waals surface area contributed by atoms with E-state index < -0.39 is 15.9 Å². The van der Waals surface area contributed by atoms with Gasteiger partial charge in [-0.25, -0.2) is 22.9 Å². The van der Waals surface area contributed by atoms with Crippen molar-refractivity contribution >= 4 is 45.5 Å². The number of fused-ring (bicyclic) bond motifs is 1. The Morgan fingerprint density at radius 1 is 1.40 bits per heavy atom. The van der Waals surface area contributed by atoms with Gasteiger partial charge in [0.05, 0.1) is 23.7 Å². The fourth-order valence-electron chi connectivity index (χ4n) is 4.33. The number of amides is 1. The molecule has 0 saturated carbocycles. The van der Waals surface area contributed by atoms with Crippen LogP contribution in [-0.4, -0.2) is 71.2 Å². The zero-order valence-corrected chi connectivity index (χ0v) is 21.8. The second-order valence-electron chi connectivity index (χ2n) is 8.73. The number of nitrogens with two attached hydrogens (primary N) is 1. The van der Waals surface area contributed by atoms with E-state index in [0.717, 1.165) is 37.1 Å². The molecule has 13 heteroatoms. The van der Waals surface area contributed by atoms with E-state index in [9.17, 15) is 13.2 Å². The number of aromatic nitrogens is 4. The van der Waals surface area contributed by atoms with Crippen LogP contribution < -0.4 is 15.4 Å². The Balaban J connectivity index is 0.00000342. The van der Waals surface area contributed by atoms with Crippen molar-refractivity contribution in [3.05, 3.63) is 47.5 Å². The fraction of sp³-hybridized carbons (Fsp3) is 0.455. The zero-order chi connectivity index (χ0) is 24.6. The van der Waals surface area contributed by atoms with Crippen molar-refractivity contribution in [3.8, 4) is 0 Å². The van der Waals surface area contributed by atoms with E-state index >= 15 is 0 Å². The summed E-state index contributed by atoms with van der Waals surface area (Å²) in [6, 6.07) is 4.76. The summed E-state index contributed by atoms with van der Waals surface area (Å²) in [5.41, 5.74) is 8.61. The minimum absolute atomic E-state index is 0. The summed E-state index contributed by atoms with van der Waals surface area (Å²) < 4.78 is 27.6. The summed E-state index contributed by atoms with van der Waals surface area (Å²) in [7, 11) is -1.91. The quantitative estimate of drug-likeness (QED) is 0.480. The van der Waals surface area contributed by atoms with Crippen LogP contribution in [0.2, 0.25) is 0 Å². The minimum atomic E-state index is -3.57. The van der Waals surface area contributed by atoms with Crippen LogP contribution in [0, 0.1) is 6.92 Å². The van der Waals surface area contributed by atoms with Crippen LogP contribution in [-0.2, 0) is 10.0 Å². The first-order valence-electron chi connectivity index (χ1n) is 11.1. The number of nitrogens with zero attached hydrogens (tertiary/aromatic N) is 6. The average molecular weight is 523 g/mol. The first kappa shape index (κ1) is 26.6. The van der Waals surface area contributed by atoms with Crippen LogP contribution in [0.5, 0.6) is 0 Å². The number of aryl methyl sites for hydroxylation is 1. The Bertz CT molecular complexity index is 1330. The molecule has 35 heavy (non-hydrogen) atoms. The standard InChI is InChI=1S/C22H30N8O3S.ClH/c1-5-18(28(3)22(31)20-16(7-6-9-24-20)27-34(4,32)33)17-11-19-25-21(14(2)12-30(19)26-17)29-10-8-15(23)13-29;/h6-7,9,11-12,15,18,27H,5,8,10,13,23H2,1-4H3;1H/t15-,18-;/m0./s1. The van der Waals surface area contributed by atoms with Crippen molar-refractivity contribution in [2.24, 2.45) is 5.73 Å². The van der Waals surface area contributed by atoms with Gasteiger partial charge in [-0.05, 0) is 31.9 Å². The Morgan fingerprint density at radius 2 is 2.14 bits per heavy atom. The molecule has 11 nitrogen and oxygen atoms in total. The molecule has 2 atom stereocenters. The maximum absolute atomic E-state index is 13.3. The molecule has 1 fully saturated rings. The lowest BCUT2D eigenvalue weighted by molar-refractivity contribution is 0.0717. The van der Waals surface area contributed by atoms with Gasteiger partial charge in [-0.15, -0.1) is 12.4 Å². The minimum Gasteiger partial charge on any atom is -0.355 e. The maximum atomic E-state index is 13.3. The third kappa shape index (κ3) is 5.65. The molecular formula is C22H31ClN8O3S. The number of sulfonamides is 1. The average Bonchev–Trinajstić information content (AvgIpc) is 3.38. The molecule has 3 aromatic rings. The summed E-state index contributed by atoms with van der Waals surface area (Å²) in [4.78, 5) is 26.0. The van der Waals surface area contributed by atoms with E-state index in [0.29, 0.717) is 17.8 Å². The number of anilines is 2. The highest BCUT2D eigenvalue weighted by Gasteiger charge is 2.28. The first-order chi connectivity index (χ1) is 16.1. The lowest BCUT2D eigenvalue weighted by Crippen LogP contribution is -2.32. The summed E-state index contributed by atoms with van der Waals surface area (Å²) >= 11 is 0. The van der Waals surface area contributed by atoms with Crippen LogP contribution in [0.4, 0.5) is 11.5 Å². The van der Waals surface area contributed by atoms with Gasteiger partial charge in [0.15, 0.2) is 11.3 Å². The summed E-state index contributed by atoms with van der Waals surface area (Å²) in [6.45, 7) is 5.60. The van der Waals surface area contributed by atoms with Gasteiger partial charge in [-0.2, -0.15) is 5.10 Å². The second-order valence-corrected chi connectivity index (χ2v) is 10.5. The highest BCUT2D eigenvalue weighted by atomic mass is 35.5. The van der Waals surface area contributed by atoms with Crippen molar-refractivity contribution in [3.63, 3.8) is 0 Å². The third-order valence-electron chi connectivity index (χ3n) is 5.97. The maximum Gasteiger partial charge on any atom is 0.274 e. The summed E-state index contributed by atoms with van der Waals surface area (Å²) in [5, 5.41) is 4.69. The van der Waals surface area contributed by atoms with E-state index in [1.165, 1.54) is 17.2 Å². The van der Waals surface area contributed by atoms with Gasteiger partial charge in [-0.3, -0.25) is 9.52 Å². The van der Waals surface area contributed by atoms with Crippen molar-refractivity contribution in [2.45, 2.75) is 38.8 Å². The molecule has 0 unspecified atom stereocenters. The SMILES string of the molecule is CC[C@@H](c1cc2nc(N3CC[C@H](N)C3)c(C)cn2n1)N(C)C(=O)c1ncccc1NS(C)(=O)=O.Cl. The third-order valence-corrected chi connectivity index (χ3v) is 6.56. The van der Waals surface area contributed by atoms with Crippen molar-refractivity contribution in [1.82, 2.24) is 24.5 Å². The molecule has 3 aromatic heterocycles. The van der Waals surface area contributed by atoms with E-state index in [1.807, 2.05) is 26.1 Å². The summed E-state index contributed by atoms with van der Waals surface area (Å²) in [6.07, 6.45) is 5.96. The molecule has 0 spiro atoms. The number of hydrogen-bond donors (Lipinski definition) is 2. The molecule has 0 aromatic carbocycles. The molecule has 1 saturated heterocycles. The Labute approximate surface area is 211 Å². The molecule has 1 aliphatic rings.